The van der Waals surface area contributed by atoms with Gasteiger partial charge in [0.2, 0.25) is 0 Å². The van der Waals surface area contributed by atoms with Gasteiger partial charge in [0.25, 0.3) is 0 Å². The zero-order valence-electron chi connectivity index (χ0n) is 13.9. The topological polar surface area (TPSA) is 18.5 Å². The van der Waals surface area contributed by atoms with Crippen LogP contribution in [0, 0.1) is 5.92 Å². The summed E-state index contributed by atoms with van der Waals surface area (Å²) in [5.74, 6) is -1.61. The van der Waals surface area contributed by atoms with Gasteiger partial charge in [0.15, 0.2) is 0 Å². The SMILES string of the molecule is CC1(C)OB(CC(/C=C/c2ccccc2)C(F)(F)F)OC1(C)C. The van der Waals surface area contributed by atoms with Gasteiger partial charge < -0.3 is 9.31 Å². The second-order valence-corrected chi connectivity index (χ2v) is 6.84. The van der Waals surface area contributed by atoms with Crippen molar-refractivity contribution in [3.8, 4) is 0 Å². The number of hydrogen-bond donors (Lipinski definition) is 0. The molecule has 1 aromatic carbocycles. The third-order valence-electron chi connectivity index (χ3n) is 4.49. The minimum atomic E-state index is -4.34. The molecule has 23 heavy (non-hydrogen) atoms. The summed E-state index contributed by atoms with van der Waals surface area (Å²) in [7, 11) is -0.868. The van der Waals surface area contributed by atoms with E-state index in [2.05, 4.69) is 0 Å². The van der Waals surface area contributed by atoms with E-state index in [1.54, 1.807) is 24.3 Å². The van der Waals surface area contributed by atoms with Crippen molar-refractivity contribution >= 4 is 13.2 Å². The number of allylic oxidation sites excluding steroid dienone is 1. The monoisotopic (exact) mass is 326 g/mol. The van der Waals surface area contributed by atoms with Gasteiger partial charge in [-0.25, -0.2) is 0 Å². The van der Waals surface area contributed by atoms with Gasteiger partial charge in [-0.15, -0.1) is 0 Å². The van der Waals surface area contributed by atoms with Crippen molar-refractivity contribution in [1.29, 1.82) is 0 Å². The maximum absolute atomic E-state index is 13.3. The van der Waals surface area contributed by atoms with E-state index in [9.17, 15) is 13.2 Å². The molecular formula is C17H22BF3O2. The molecule has 2 nitrogen and oxygen atoms in total. The summed E-state index contributed by atoms with van der Waals surface area (Å²) in [6.45, 7) is 7.32. The van der Waals surface area contributed by atoms with Crippen LogP contribution in [0.5, 0.6) is 0 Å². The zero-order valence-corrected chi connectivity index (χ0v) is 13.9. The first-order valence-electron chi connectivity index (χ1n) is 7.67. The van der Waals surface area contributed by atoms with Crippen LogP contribution in [0.25, 0.3) is 6.08 Å². The Bertz CT molecular complexity index is 537. The second-order valence-electron chi connectivity index (χ2n) is 6.84. The van der Waals surface area contributed by atoms with Crippen molar-refractivity contribution < 1.29 is 22.5 Å². The van der Waals surface area contributed by atoms with Crippen LogP contribution >= 0.6 is 0 Å². The number of rotatable bonds is 4. The summed E-state index contributed by atoms with van der Waals surface area (Å²) in [5.41, 5.74) is -0.524. The Kier molecular flexibility index (Phi) is 4.97. The van der Waals surface area contributed by atoms with E-state index < -0.39 is 30.4 Å². The average Bonchev–Trinajstić information content (AvgIpc) is 2.62. The Labute approximate surface area is 135 Å². The van der Waals surface area contributed by atoms with Gasteiger partial charge >= 0.3 is 13.3 Å². The van der Waals surface area contributed by atoms with Crippen molar-refractivity contribution in [3.63, 3.8) is 0 Å². The molecule has 0 aliphatic carbocycles. The molecule has 0 bridgehead atoms. The lowest BCUT2D eigenvalue weighted by molar-refractivity contribution is -0.157. The number of alkyl halides is 3. The van der Waals surface area contributed by atoms with Gasteiger partial charge in [-0.05, 0) is 39.6 Å². The molecule has 126 valence electrons. The average molecular weight is 326 g/mol. The normalized spacial score (nSPS) is 21.8. The molecule has 1 saturated heterocycles. The minimum absolute atomic E-state index is 0.250. The molecular weight excluding hydrogens is 304 g/mol. The lowest BCUT2D eigenvalue weighted by Gasteiger charge is -2.32. The predicted molar refractivity (Wildman–Crippen MR) is 85.9 cm³/mol. The largest absolute Gasteiger partial charge is 0.458 e. The molecule has 1 aliphatic rings. The Morgan fingerprint density at radius 3 is 2.04 bits per heavy atom. The molecule has 0 amide bonds. The lowest BCUT2D eigenvalue weighted by atomic mass is 9.76. The zero-order chi connectivity index (χ0) is 17.3. The van der Waals surface area contributed by atoms with Crippen LogP contribution in [0.15, 0.2) is 36.4 Å². The molecule has 0 radical (unpaired) electrons. The summed E-state index contributed by atoms with van der Waals surface area (Å²) in [5, 5.41) is 0. The maximum Gasteiger partial charge on any atom is 0.458 e. The molecule has 0 aromatic heterocycles. The van der Waals surface area contributed by atoms with Crippen molar-refractivity contribution in [3.05, 3.63) is 42.0 Å². The van der Waals surface area contributed by atoms with Crippen LogP contribution in [-0.2, 0) is 9.31 Å². The highest BCUT2D eigenvalue weighted by Crippen LogP contribution is 2.41. The highest BCUT2D eigenvalue weighted by atomic mass is 19.4. The first kappa shape index (κ1) is 18.1. The third kappa shape index (κ3) is 4.39. The smallest absolute Gasteiger partial charge is 0.403 e. The summed E-state index contributed by atoms with van der Waals surface area (Å²) in [4.78, 5) is 0. The summed E-state index contributed by atoms with van der Waals surface area (Å²) < 4.78 is 51.3. The molecule has 1 aliphatic heterocycles. The third-order valence-corrected chi connectivity index (χ3v) is 4.49. The Hall–Kier alpha value is -1.27. The highest BCUT2D eigenvalue weighted by molar-refractivity contribution is 6.45. The van der Waals surface area contributed by atoms with E-state index in [0.29, 0.717) is 0 Å². The molecule has 1 atom stereocenters. The molecule has 1 unspecified atom stereocenters. The fraction of sp³-hybridized carbons (Fsp3) is 0.529. The Morgan fingerprint density at radius 1 is 1.04 bits per heavy atom. The van der Waals surface area contributed by atoms with Crippen LogP contribution < -0.4 is 0 Å². The molecule has 0 spiro atoms. The quantitative estimate of drug-likeness (QED) is 0.727. The number of halogens is 3. The van der Waals surface area contributed by atoms with Gasteiger partial charge in [0.05, 0.1) is 17.1 Å². The van der Waals surface area contributed by atoms with E-state index >= 15 is 0 Å². The molecule has 1 heterocycles. The fourth-order valence-electron chi connectivity index (χ4n) is 2.38. The van der Waals surface area contributed by atoms with Crippen LogP contribution in [0.3, 0.4) is 0 Å². The Balaban J connectivity index is 2.11. The molecule has 1 aromatic rings. The lowest BCUT2D eigenvalue weighted by Crippen LogP contribution is -2.41. The van der Waals surface area contributed by atoms with E-state index in [-0.39, 0.29) is 6.32 Å². The van der Waals surface area contributed by atoms with E-state index in [0.717, 1.165) is 5.56 Å². The summed E-state index contributed by atoms with van der Waals surface area (Å²) in [6.07, 6.45) is -1.92. The van der Waals surface area contributed by atoms with Gasteiger partial charge in [-0.3, -0.25) is 0 Å². The van der Waals surface area contributed by atoms with E-state index in [1.165, 1.54) is 12.2 Å². The van der Waals surface area contributed by atoms with Crippen LogP contribution in [-0.4, -0.2) is 24.5 Å². The second kappa shape index (κ2) is 6.32. The number of benzene rings is 1. The van der Waals surface area contributed by atoms with Crippen molar-refractivity contribution in [2.45, 2.75) is 51.4 Å². The van der Waals surface area contributed by atoms with Crippen LogP contribution in [0.4, 0.5) is 13.2 Å². The summed E-state index contributed by atoms with van der Waals surface area (Å²) >= 11 is 0. The van der Waals surface area contributed by atoms with Crippen LogP contribution in [0.2, 0.25) is 6.32 Å². The summed E-state index contributed by atoms with van der Waals surface area (Å²) in [6, 6.07) is 8.92. The van der Waals surface area contributed by atoms with E-state index in [4.69, 9.17) is 9.31 Å². The van der Waals surface area contributed by atoms with Gasteiger partial charge in [0, 0.05) is 0 Å². The van der Waals surface area contributed by atoms with Gasteiger partial charge in [0.1, 0.15) is 0 Å². The fourth-order valence-corrected chi connectivity index (χ4v) is 2.38. The van der Waals surface area contributed by atoms with Crippen molar-refractivity contribution in [2.24, 2.45) is 5.92 Å². The number of hydrogen-bond acceptors (Lipinski definition) is 2. The standard InChI is InChI=1S/C17H22BF3O2/c1-15(2)16(3,4)23-18(22-15)12-14(17(19,20)21)11-10-13-8-6-5-7-9-13/h5-11,14H,12H2,1-4H3/b11-10+. The minimum Gasteiger partial charge on any atom is -0.403 e. The van der Waals surface area contributed by atoms with Gasteiger partial charge in [-0.1, -0.05) is 42.5 Å². The molecule has 2 rings (SSSR count). The predicted octanol–water partition coefficient (Wildman–Crippen LogP) is 4.97. The molecule has 0 saturated carbocycles. The van der Waals surface area contributed by atoms with E-state index in [1.807, 2.05) is 33.8 Å². The van der Waals surface area contributed by atoms with Crippen LogP contribution in [0.1, 0.15) is 33.3 Å². The first-order chi connectivity index (χ1) is 10.5. The van der Waals surface area contributed by atoms with Crippen molar-refractivity contribution in [1.82, 2.24) is 0 Å². The first-order valence-corrected chi connectivity index (χ1v) is 7.67. The van der Waals surface area contributed by atoms with Gasteiger partial charge in [-0.2, -0.15) is 13.2 Å². The molecule has 0 N–H and O–H groups in total. The maximum atomic E-state index is 13.3. The molecule has 1 fully saturated rings. The molecule has 6 heteroatoms. The van der Waals surface area contributed by atoms with Crippen molar-refractivity contribution in [2.75, 3.05) is 0 Å². The Morgan fingerprint density at radius 2 is 1.57 bits per heavy atom. The highest BCUT2D eigenvalue weighted by Gasteiger charge is 2.53.